The molecule has 0 saturated heterocycles. The lowest BCUT2D eigenvalue weighted by Gasteiger charge is -2.18. The van der Waals surface area contributed by atoms with E-state index in [9.17, 15) is 14.0 Å². The van der Waals surface area contributed by atoms with Gasteiger partial charge in [-0.15, -0.1) is 5.10 Å². The van der Waals surface area contributed by atoms with Gasteiger partial charge in [0, 0.05) is 12.5 Å². The minimum absolute atomic E-state index is 0.00330. The Labute approximate surface area is 169 Å². The fraction of sp³-hybridized carbons (Fsp3) is 0.100. The number of amides is 2. The number of amidine groups is 1. The van der Waals surface area contributed by atoms with E-state index < -0.39 is 11.7 Å². The van der Waals surface area contributed by atoms with Crippen molar-refractivity contribution < 1.29 is 18.4 Å². The maximum absolute atomic E-state index is 13.5. The standard InChI is InChI=1S/C20H15FN4O3S/c1-12(26)25-19(13-6-3-2-4-7-13)29-20(24-25)23-18(27)16-17(28-11-22-16)14-8-5-9-15(21)10-14/h2-11,19H,1H3,(H,23,24,27)/t19-/m1/s1. The maximum atomic E-state index is 13.5. The molecule has 2 aromatic carbocycles. The Morgan fingerprint density at radius 1 is 1.17 bits per heavy atom. The first kappa shape index (κ1) is 18.9. The zero-order chi connectivity index (χ0) is 20.4. The molecule has 0 aliphatic carbocycles. The first-order valence-corrected chi connectivity index (χ1v) is 9.51. The molecule has 0 saturated carbocycles. The largest absolute Gasteiger partial charge is 0.443 e. The highest BCUT2D eigenvalue weighted by Gasteiger charge is 2.33. The highest BCUT2D eigenvalue weighted by molar-refractivity contribution is 8.14. The molecule has 146 valence electrons. The van der Waals surface area contributed by atoms with Crippen LogP contribution in [0.5, 0.6) is 0 Å². The third-order valence-electron chi connectivity index (χ3n) is 4.14. The summed E-state index contributed by atoms with van der Waals surface area (Å²) in [5.74, 6) is -1.13. The Bertz CT molecular complexity index is 1100. The highest BCUT2D eigenvalue weighted by Crippen LogP contribution is 2.38. The molecule has 1 aromatic heterocycles. The number of thioether (sulfide) groups is 1. The number of halogens is 1. The summed E-state index contributed by atoms with van der Waals surface area (Å²) >= 11 is 1.23. The summed E-state index contributed by atoms with van der Waals surface area (Å²) < 4.78 is 18.8. The predicted molar refractivity (Wildman–Crippen MR) is 106 cm³/mol. The van der Waals surface area contributed by atoms with Gasteiger partial charge in [-0.1, -0.05) is 54.2 Å². The highest BCUT2D eigenvalue weighted by atomic mass is 32.2. The van der Waals surface area contributed by atoms with E-state index in [-0.39, 0.29) is 27.9 Å². The SMILES string of the molecule is CC(=O)N1N=C(NC(=O)c2ncoc2-c2cccc(F)c2)S[C@@H]1c1ccccc1. The first-order valence-electron chi connectivity index (χ1n) is 8.63. The minimum Gasteiger partial charge on any atom is -0.443 e. The summed E-state index contributed by atoms with van der Waals surface area (Å²) in [6.45, 7) is 1.41. The number of aromatic nitrogens is 1. The third kappa shape index (κ3) is 3.90. The number of oxazole rings is 1. The summed E-state index contributed by atoms with van der Waals surface area (Å²) in [5, 5.41) is 8.06. The molecule has 1 atom stereocenters. The van der Waals surface area contributed by atoms with Crippen molar-refractivity contribution in [2.45, 2.75) is 12.3 Å². The van der Waals surface area contributed by atoms with Gasteiger partial charge in [0.1, 0.15) is 11.2 Å². The van der Waals surface area contributed by atoms with Crippen molar-refractivity contribution in [2.75, 3.05) is 0 Å². The average molecular weight is 410 g/mol. The van der Waals surface area contributed by atoms with Crippen LogP contribution in [-0.2, 0) is 4.79 Å². The molecule has 1 aliphatic rings. The second kappa shape index (κ2) is 7.88. The molecule has 0 fully saturated rings. The maximum Gasteiger partial charge on any atom is 0.279 e. The lowest BCUT2D eigenvalue weighted by Crippen LogP contribution is -2.28. The van der Waals surface area contributed by atoms with Gasteiger partial charge in [0.2, 0.25) is 5.91 Å². The Morgan fingerprint density at radius 2 is 1.97 bits per heavy atom. The van der Waals surface area contributed by atoms with Gasteiger partial charge in [0.25, 0.3) is 5.91 Å². The second-order valence-electron chi connectivity index (χ2n) is 6.14. The van der Waals surface area contributed by atoms with Crippen molar-refractivity contribution in [1.29, 1.82) is 0 Å². The molecule has 3 aromatic rings. The van der Waals surface area contributed by atoms with Crippen LogP contribution in [0.1, 0.15) is 28.3 Å². The van der Waals surface area contributed by atoms with E-state index in [1.54, 1.807) is 6.07 Å². The summed E-state index contributed by atoms with van der Waals surface area (Å²) in [4.78, 5) is 28.7. The van der Waals surface area contributed by atoms with Crippen molar-refractivity contribution in [3.8, 4) is 11.3 Å². The van der Waals surface area contributed by atoms with Crippen LogP contribution in [0.25, 0.3) is 11.3 Å². The minimum atomic E-state index is -0.568. The smallest absolute Gasteiger partial charge is 0.279 e. The molecule has 2 heterocycles. The lowest BCUT2D eigenvalue weighted by molar-refractivity contribution is -0.129. The molecule has 7 nitrogen and oxygen atoms in total. The van der Waals surface area contributed by atoms with E-state index >= 15 is 0 Å². The number of hydrazone groups is 1. The van der Waals surface area contributed by atoms with E-state index in [0.29, 0.717) is 5.56 Å². The molecule has 1 N–H and O–H groups in total. The fourth-order valence-electron chi connectivity index (χ4n) is 2.85. The van der Waals surface area contributed by atoms with Crippen LogP contribution in [0.15, 0.2) is 70.5 Å². The zero-order valence-corrected chi connectivity index (χ0v) is 16.0. The molecule has 4 rings (SSSR count). The van der Waals surface area contributed by atoms with Crippen LogP contribution in [0, 0.1) is 5.82 Å². The van der Waals surface area contributed by atoms with E-state index in [1.807, 2.05) is 30.3 Å². The summed E-state index contributed by atoms with van der Waals surface area (Å²) in [7, 11) is 0. The van der Waals surface area contributed by atoms with E-state index in [0.717, 1.165) is 12.0 Å². The molecule has 0 radical (unpaired) electrons. The second-order valence-corrected chi connectivity index (χ2v) is 7.21. The number of hydrogen-bond acceptors (Lipinski definition) is 6. The predicted octanol–water partition coefficient (Wildman–Crippen LogP) is 3.78. The normalized spacial score (nSPS) is 15.9. The number of carbonyl (C=O) groups excluding carboxylic acids is 2. The summed E-state index contributed by atoms with van der Waals surface area (Å²) in [6.07, 6.45) is 1.12. The molecule has 9 heteroatoms. The topological polar surface area (TPSA) is 87.8 Å². The van der Waals surface area contributed by atoms with Crippen LogP contribution in [-0.4, -0.2) is 27.0 Å². The van der Waals surface area contributed by atoms with Crippen molar-refractivity contribution in [1.82, 2.24) is 15.3 Å². The average Bonchev–Trinajstić information content (AvgIpc) is 3.36. The molecule has 2 amide bonds. The number of hydrogen-bond donors (Lipinski definition) is 1. The number of nitrogens with one attached hydrogen (secondary N) is 1. The van der Waals surface area contributed by atoms with Crippen LogP contribution >= 0.6 is 11.8 Å². The van der Waals surface area contributed by atoms with E-state index in [4.69, 9.17) is 4.42 Å². The van der Waals surface area contributed by atoms with Gasteiger partial charge in [-0.05, 0) is 17.7 Å². The quantitative estimate of drug-likeness (QED) is 0.710. The van der Waals surface area contributed by atoms with Crippen LogP contribution in [0.2, 0.25) is 0 Å². The third-order valence-corrected chi connectivity index (χ3v) is 5.24. The van der Waals surface area contributed by atoms with Crippen molar-refractivity contribution >= 4 is 28.7 Å². The number of benzene rings is 2. The molecular formula is C20H15FN4O3S. The van der Waals surface area contributed by atoms with Gasteiger partial charge in [0.15, 0.2) is 23.0 Å². The fourth-order valence-corrected chi connectivity index (χ4v) is 3.93. The molecule has 0 bridgehead atoms. The molecular weight excluding hydrogens is 395 g/mol. The van der Waals surface area contributed by atoms with Crippen LogP contribution in [0.4, 0.5) is 4.39 Å². The number of carbonyl (C=O) groups is 2. The van der Waals surface area contributed by atoms with Gasteiger partial charge in [-0.2, -0.15) is 0 Å². The van der Waals surface area contributed by atoms with Crippen molar-refractivity contribution in [2.24, 2.45) is 5.10 Å². The lowest BCUT2D eigenvalue weighted by atomic mass is 10.1. The molecule has 0 spiro atoms. The summed E-state index contributed by atoms with van der Waals surface area (Å²) in [5.41, 5.74) is 1.26. The van der Waals surface area contributed by atoms with Crippen molar-refractivity contribution in [3.05, 3.63) is 78.1 Å². The Morgan fingerprint density at radius 3 is 2.69 bits per heavy atom. The van der Waals surface area contributed by atoms with Crippen molar-refractivity contribution in [3.63, 3.8) is 0 Å². The van der Waals surface area contributed by atoms with E-state index in [1.165, 1.54) is 41.9 Å². The van der Waals surface area contributed by atoms with Crippen LogP contribution in [0.3, 0.4) is 0 Å². The Kier molecular flexibility index (Phi) is 5.13. The number of nitrogens with zero attached hydrogens (tertiary/aromatic N) is 3. The zero-order valence-electron chi connectivity index (χ0n) is 15.2. The molecule has 0 unspecified atom stereocenters. The van der Waals surface area contributed by atoms with Gasteiger partial charge in [-0.3, -0.25) is 14.9 Å². The number of rotatable bonds is 3. The monoisotopic (exact) mass is 410 g/mol. The van der Waals surface area contributed by atoms with Gasteiger partial charge >= 0.3 is 0 Å². The van der Waals surface area contributed by atoms with Gasteiger partial charge < -0.3 is 4.42 Å². The first-order chi connectivity index (χ1) is 14.0. The van der Waals surface area contributed by atoms with Gasteiger partial charge in [-0.25, -0.2) is 14.4 Å². The summed E-state index contributed by atoms with van der Waals surface area (Å²) in [6, 6.07) is 15.1. The van der Waals surface area contributed by atoms with E-state index in [2.05, 4.69) is 15.4 Å². The molecule has 29 heavy (non-hydrogen) atoms. The van der Waals surface area contributed by atoms with Crippen LogP contribution < -0.4 is 5.32 Å². The molecule has 1 aliphatic heterocycles. The Hall–Kier alpha value is -3.46. The van der Waals surface area contributed by atoms with Gasteiger partial charge in [0.05, 0.1) is 0 Å². The Balaban J connectivity index is 1.56.